The molecule has 7 aliphatic rings. The molecule has 28 heavy (non-hydrogen) atoms. The standard InChI is InChI=1S/C20H26N2O6/c1-5(2)15(16(23)21-6(3)17(24)25)22-18(26)19-11-7-4-8-10-9(7)13(19)14(10)20(27,28-19)12(8)11/h5-15,27H,4H2,1-3H3,(H,21,23)(H,22,26)(H,24,25)/t6-,7?,8?,9?,10?,11?,12?,13?,14?,15-,19?,20?/m0/s1. The monoisotopic (exact) mass is 390 g/mol. The van der Waals surface area contributed by atoms with Gasteiger partial charge in [-0.3, -0.25) is 14.4 Å². The molecule has 10 unspecified atom stereocenters. The first-order valence-corrected chi connectivity index (χ1v) is 10.4. The van der Waals surface area contributed by atoms with E-state index in [9.17, 15) is 19.5 Å². The number of hydrogen-bond acceptors (Lipinski definition) is 5. The average molecular weight is 390 g/mol. The number of nitrogens with one attached hydrogen (secondary N) is 2. The van der Waals surface area contributed by atoms with E-state index in [1.807, 2.05) is 13.8 Å². The van der Waals surface area contributed by atoms with Gasteiger partial charge in [-0.05, 0) is 42.9 Å². The summed E-state index contributed by atoms with van der Waals surface area (Å²) in [5, 5.41) is 25.6. The number of amides is 2. The van der Waals surface area contributed by atoms with Crippen molar-refractivity contribution in [2.45, 2.75) is 50.7 Å². The minimum Gasteiger partial charge on any atom is -0.480 e. The van der Waals surface area contributed by atoms with E-state index in [1.54, 1.807) is 0 Å². The molecule has 5 aliphatic carbocycles. The van der Waals surface area contributed by atoms with Gasteiger partial charge in [0.25, 0.3) is 5.91 Å². The van der Waals surface area contributed by atoms with Gasteiger partial charge in [-0.25, -0.2) is 0 Å². The van der Waals surface area contributed by atoms with Gasteiger partial charge in [0.05, 0.1) is 0 Å². The fourth-order valence-electron chi connectivity index (χ4n) is 8.57. The first-order chi connectivity index (χ1) is 13.1. The zero-order chi connectivity index (χ0) is 19.9. The molecule has 2 heterocycles. The van der Waals surface area contributed by atoms with E-state index in [-0.39, 0.29) is 35.5 Å². The second-order valence-electron chi connectivity index (χ2n) is 10.2. The van der Waals surface area contributed by atoms with Crippen LogP contribution in [-0.2, 0) is 19.1 Å². The number of ether oxygens (including phenoxy) is 1. The molecule has 0 spiro atoms. The summed E-state index contributed by atoms with van der Waals surface area (Å²) in [6, 6.07) is -1.88. The summed E-state index contributed by atoms with van der Waals surface area (Å²) in [4.78, 5) is 37.2. The van der Waals surface area contributed by atoms with Gasteiger partial charge < -0.3 is 25.6 Å². The highest BCUT2D eigenvalue weighted by Gasteiger charge is 2.98. The summed E-state index contributed by atoms with van der Waals surface area (Å²) in [7, 11) is 0. The number of carboxylic acids is 1. The van der Waals surface area contributed by atoms with Gasteiger partial charge in [0, 0.05) is 23.7 Å². The SMILES string of the molecule is CC(C)[C@H](NC(=O)C12OC3(O)C4C5CC(C6C5C3C61)C42)C(=O)N[C@@H](C)C(=O)O. The highest BCUT2D eigenvalue weighted by Crippen LogP contribution is 2.92. The molecule has 2 saturated heterocycles. The lowest BCUT2D eigenvalue weighted by Crippen LogP contribution is -2.61. The van der Waals surface area contributed by atoms with E-state index in [0.717, 1.165) is 6.42 Å². The Morgan fingerprint density at radius 1 is 1.00 bits per heavy atom. The molecule has 152 valence electrons. The molecule has 0 aromatic heterocycles. The molecule has 0 aromatic carbocycles. The second-order valence-corrected chi connectivity index (χ2v) is 10.2. The molecule has 4 N–H and O–H groups in total. The van der Waals surface area contributed by atoms with Crippen molar-refractivity contribution >= 4 is 17.8 Å². The summed E-state index contributed by atoms with van der Waals surface area (Å²) in [5.41, 5.74) is -1.01. The third-order valence-corrected chi connectivity index (χ3v) is 9.10. The van der Waals surface area contributed by atoms with E-state index in [1.165, 1.54) is 6.92 Å². The highest BCUT2D eigenvalue weighted by molar-refractivity contribution is 5.95. The van der Waals surface area contributed by atoms with Crippen molar-refractivity contribution in [1.82, 2.24) is 10.6 Å². The van der Waals surface area contributed by atoms with Crippen molar-refractivity contribution in [3.05, 3.63) is 0 Å². The fraction of sp³-hybridized carbons (Fsp3) is 0.850. The number of hydrogen-bond donors (Lipinski definition) is 4. The molecule has 2 amide bonds. The van der Waals surface area contributed by atoms with Gasteiger partial charge >= 0.3 is 5.97 Å². The lowest BCUT2D eigenvalue weighted by atomic mass is 9.56. The molecule has 12 atom stereocenters. The van der Waals surface area contributed by atoms with Crippen LogP contribution < -0.4 is 10.6 Å². The van der Waals surface area contributed by atoms with Crippen LogP contribution in [-0.4, -0.2) is 51.5 Å². The van der Waals surface area contributed by atoms with Crippen molar-refractivity contribution in [3.63, 3.8) is 0 Å². The van der Waals surface area contributed by atoms with Crippen molar-refractivity contribution < 1.29 is 29.3 Å². The summed E-state index contributed by atoms with van der Waals surface area (Å²) >= 11 is 0. The Hall–Kier alpha value is -1.67. The maximum absolute atomic E-state index is 13.5. The number of aliphatic carboxylic acids is 1. The third-order valence-electron chi connectivity index (χ3n) is 9.10. The molecule has 5 saturated carbocycles. The van der Waals surface area contributed by atoms with Crippen molar-refractivity contribution in [2.24, 2.45) is 53.3 Å². The molecule has 0 radical (unpaired) electrons. The summed E-state index contributed by atoms with van der Waals surface area (Å²) in [6.45, 7) is 5.02. The summed E-state index contributed by atoms with van der Waals surface area (Å²) in [5.74, 6) is -1.10. The highest BCUT2D eigenvalue weighted by atomic mass is 16.7. The maximum atomic E-state index is 13.5. The van der Waals surface area contributed by atoms with Crippen LogP contribution in [0.15, 0.2) is 0 Å². The number of rotatable bonds is 6. The Bertz CT molecular complexity index is 830. The Labute approximate surface area is 162 Å². The Morgan fingerprint density at radius 3 is 2.29 bits per heavy atom. The molecule has 7 fully saturated rings. The molecule has 2 aliphatic heterocycles. The van der Waals surface area contributed by atoms with E-state index < -0.39 is 35.3 Å². The second kappa shape index (κ2) is 4.73. The van der Waals surface area contributed by atoms with Crippen LogP contribution in [0.1, 0.15) is 27.2 Å². The number of carbonyl (C=O) groups is 3. The fourth-order valence-corrected chi connectivity index (χ4v) is 8.57. The van der Waals surface area contributed by atoms with Gasteiger partial charge in [-0.1, -0.05) is 13.8 Å². The van der Waals surface area contributed by atoms with E-state index in [2.05, 4.69) is 10.6 Å². The molecular formula is C20H26N2O6. The van der Waals surface area contributed by atoms with Crippen LogP contribution in [0.5, 0.6) is 0 Å². The average Bonchev–Trinajstić information content (AvgIpc) is 3.23. The molecule has 7 rings (SSSR count). The first kappa shape index (κ1) is 17.2. The summed E-state index contributed by atoms with van der Waals surface area (Å²) < 4.78 is 6.20. The van der Waals surface area contributed by atoms with Crippen LogP contribution in [0.2, 0.25) is 0 Å². The minimum atomic E-state index is -1.16. The quantitative estimate of drug-likeness (QED) is 0.487. The van der Waals surface area contributed by atoms with E-state index in [0.29, 0.717) is 23.7 Å². The lowest BCUT2D eigenvalue weighted by Gasteiger charge is -2.46. The summed E-state index contributed by atoms with van der Waals surface area (Å²) in [6.07, 6.45) is 1.10. The largest absolute Gasteiger partial charge is 0.480 e. The Morgan fingerprint density at radius 2 is 1.64 bits per heavy atom. The van der Waals surface area contributed by atoms with Crippen LogP contribution >= 0.6 is 0 Å². The van der Waals surface area contributed by atoms with Crippen molar-refractivity contribution in [2.75, 3.05) is 0 Å². The third kappa shape index (κ3) is 1.49. The van der Waals surface area contributed by atoms with Gasteiger partial charge in [0.1, 0.15) is 12.1 Å². The van der Waals surface area contributed by atoms with Crippen molar-refractivity contribution in [1.29, 1.82) is 0 Å². The molecule has 0 aromatic rings. The predicted molar refractivity (Wildman–Crippen MR) is 93.3 cm³/mol. The maximum Gasteiger partial charge on any atom is 0.325 e. The number of carboxylic acid groups (broad SMARTS) is 1. The van der Waals surface area contributed by atoms with Crippen molar-refractivity contribution in [3.8, 4) is 0 Å². The lowest BCUT2D eigenvalue weighted by molar-refractivity contribution is -0.212. The molecule has 8 heteroatoms. The zero-order valence-corrected chi connectivity index (χ0v) is 16.1. The van der Waals surface area contributed by atoms with Crippen LogP contribution in [0.25, 0.3) is 0 Å². The van der Waals surface area contributed by atoms with E-state index in [4.69, 9.17) is 9.84 Å². The van der Waals surface area contributed by atoms with Crippen LogP contribution in [0, 0.1) is 53.3 Å². The Kier molecular flexibility index (Phi) is 2.90. The van der Waals surface area contributed by atoms with E-state index >= 15 is 0 Å². The smallest absolute Gasteiger partial charge is 0.325 e. The normalized spacial score (nSPS) is 54.3. The topological polar surface area (TPSA) is 125 Å². The Balaban J connectivity index is 1.27. The predicted octanol–water partition coefficient (Wildman–Crippen LogP) is -0.438. The molecular weight excluding hydrogens is 364 g/mol. The number of aliphatic hydroxyl groups is 1. The van der Waals surface area contributed by atoms with Gasteiger partial charge in [0.15, 0.2) is 11.4 Å². The first-order valence-electron chi connectivity index (χ1n) is 10.4. The van der Waals surface area contributed by atoms with Gasteiger partial charge in [-0.2, -0.15) is 0 Å². The van der Waals surface area contributed by atoms with Crippen LogP contribution in [0.4, 0.5) is 0 Å². The number of carbonyl (C=O) groups excluding carboxylic acids is 2. The zero-order valence-electron chi connectivity index (χ0n) is 16.1. The van der Waals surface area contributed by atoms with Gasteiger partial charge in [0.2, 0.25) is 5.91 Å². The molecule has 8 nitrogen and oxygen atoms in total. The molecule has 4 bridgehead atoms. The van der Waals surface area contributed by atoms with Crippen LogP contribution in [0.3, 0.4) is 0 Å². The minimum absolute atomic E-state index is 0.0568. The van der Waals surface area contributed by atoms with Gasteiger partial charge in [-0.15, -0.1) is 0 Å².